The number of para-hydroxylation sites is 1. The van der Waals surface area contributed by atoms with Crippen LogP contribution < -0.4 is 9.47 Å². The summed E-state index contributed by atoms with van der Waals surface area (Å²) in [6.07, 6.45) is 3.90. The number of nitrogens with zero attached hydrogens (tertiary/aromatic N) is 1. The first-order valence-electron chi connectivity index (χ1n) is 8.18. The van der Waals surface area contributed by atoms with Gasteiger partial charge in [0.2, 0.25) is 0 Å². The highest BCUT2D eigenvalue weighted by Gasteiger charge is 2.20. The number of benzene rings is 2. The predicted octanol–water partition coefficient (Wildman–Crippen LogP) is 4.44. The molecule has 0 radical (unpaired) electrons. The van der Waals surface area contributed by atoms with Crippen molar-refractivity contribution in [2.75, 3.05) is 0 Å². The number of ether oxygens (including phenoxy) is 2. The number of hydrogen-bond acceptors (Lipinski definition) is 4. The summed E-state index contributed by atoms with van der Waals surface area (Å²) in [6, 6.07) is 18.8. The molecule has 3 aromatic rings. The van der Waals surface area contributed by atoms with Crippen LogP contribution in [0.15, 0.2) is 73.1 Å². The lowest BCUT2D eigenvalue weighted by atomic mass is 10.1. The molecule has 4 nitrogen and oxygen atoms in total. The molecule has 0 fully saturated rings. The van der Waals surface area contributed by atoms with Crippen LogP contribution in [-0.2, 0) is 13.0 Å². The number of pyridine rings is 1. The van der Waals surface area contributed by atoms with E-state index in [1.54, 1.807) is 24.5 Å². The van der Waals surface area contributed by atoms with Crippen molar-refractivity contribution in [3.05, 3.63) is 89.7 Å². The minimum absolute atomic E-state index is 0.362. The van der Waals surface area contributed by atoms with Crippen molar-refractivity contribution < 1.29 is 14.3 Å². The summed E-state index contributed by atoms with van der Waals surface area (Å²) in [5, 5.41) is 0. The van der Waals surface area contributed by atoms with E-state index in [4.69, 9.17) is 9.47 Å². The summed E-state index contributed by atoms with van der Waals surface area (Å²) >= 11 is 0. The summed E-state index contributed by atoms with van der Waals surface area (Å²) in [4.78, 5) is 16.9. The smallest absolute Gasteiger partial charge is 0.347 e. The SMILES string of the molecule is CCc1cncc(OCc2ccccc2)c1C(=O)Oc1ccccc1. The molecule has 0 aliphatic carbocycles. The van der Waals surface area contributed by atoms with Gasteiger partial charge < -0.3 is 9.47 Å². The van der Waals surface area contributed by atoms with Gasteiger partial charge in [-0.15, -0.1) is 0 Å². The van der Waals surface area contributed by atoms with Gasteiger partial charge in [-0.1, -0.05) is 55.5 Å². The molecule has 126 valence electrons. The van der Waals surface area contributed by atoms with Crippen molar-refractivity contribution >= 4 is 5.97 Å². The Morgan fingerprint density at radius 2 is 1.64 bits per heavy atom. The van der Waals surface area contributed by atoms with Gasteiger partial charge in [0.05, 0.1) is 6.20 Å². The monoisotopic (exact) mass is 333 g/mol. The van der Waals surface area contributed by atoms with Crippen molar-refractivity contribution in [2.24, 2.45) is 0 Å². The molecule has 25 heavy (non-hydrogen) atoms. The average molecular weight is 333 g/mol. The van der Waals surface area contributed by atoms with E-state index < -0.39 is 5.97 Å². The first-order valence-corrected chi connectivity index (χ1v) is 8.18. The summed E-state index contributed by atoms with van der Waals surface area (Å²) in [5.74, 6) is 0.498. The van der Waals surface area contributed by atoms with E-state index in [0.29, 0.717) is 30.1 Å². The van der Waals surface area contributed by atoms with Crippen LogP contribution in [0.25, 0.3) is 0 Å². The van der Waals surface area contributed by atoms with Crippen molar-refractivity contribution in [3.63, 3.8) is 0 Å². The van der Waals surface area contributed by atoms with Crippen LogP contribution >= 0.6 is 0 Å². The fourth-order valence-electron chi connectivity index (χ4n) is 2.47. The topological polar surface area (TPSA) is 48.4 Å². The lowest BCUT2D eigenvalue weighted by Gasteiger charge is -2.14. The van der Waals surface area contributed by atoms with E-state index in [0.717, 1.165) is 11.1 Å². The van der Waals surface area contributed by atoms with Gasteiger partial charge >= 0.3 is 5.97 Å². The van der Waals surface area contributed by atoms with Gasteiger partial charge in [0.15, 0.2) is 5.75 Å². The molecule has 1 aromatic heterocycles. The van der Waals surface area contributed by atoms with Crippen LogP contribution in [0.3, 0.4) is 0 Å². The third-order valence-corrected chi connectivity index (χ3v) is 3.77. The Morgan fingerprint density at radius 3 is 2.32 bits per heavy atom. The van der Waals surface area contributed by atoms with E-state index >= 15 is 0 Å². The number of aryl methyl sites for hydroxylation is 1. The first kappa shape index (κ1) is 16.7. The van der Waals surface area contributed by atoms with Crippen molar-refractivity contribution in [1.82, 2.24) is 4.98 Å². The number of carbonyl (C=O) groups excluding carboxylic acids is 1. The molecule has 0 spiro atoms. The van der Waals surface area contributed by atoms with Gasteiger partial charge in [-0.05, 0) is 29.7 Å². The maximum Gasteiger partial charge on any atom is 0.347 e. The van der Waals surface area contributed by atoms with Crippen LogP contribution in [0.4, 0.5) is 0 Å². The molecule has 0 atom stereocenters. The Bertz CT molecular complexity index is 832. The number of esters is 1. The minimum Gasteiger partial charge on any atom is -0.486 e. The summed E-state index contributed by atoms with van der Waals surface area (Å²) in [5.41, 5.74) is 2.25. The maximum atomic E-state index is 12.7. The van der Waals surface area contributed by atoms with E-state index in [-0.39, 0.29) is 0 Å². The molecule has 1 heterocycles. The predicted molar refractivity (Wildman–Crippen MR) is 95.8 cm³/mol. The summed E-state index contributed by atoms with van der Waals surface area (Å²) in [6.45, 7) is 2.33. The standard InChI is InChI=1S/C21H19NO3/c1-2-17-13-22-14-19(24-15-16-9-5-3-6-10-16)20(17)21(23)25-18-11-7-4-8-12-18/h3-14H,2,15H2,1H3. The molecule has 0 unspecified atom stereocenters. The molecule has 0 saturated heterocycles. The fraction of sp³-hybridized carbons (Fsp3) is 0.143. The number of carbonyl (C=O) groups is 1. The van der Waals surface area contributed by atoms with E-state index in [1.807, 2.05) is 55.5 Å². The molecule has 2 aromatic carbocycles. The van der Waals surface area contributed by atoms with Crippen molar-refractivity contribution in [3.8, 4) is 11.5 Å². The molecule has 4 heteroatoms. The maximum absolute atomic E-state index is 12.7. The molecule has 0 aliphatic rings. The van der Waals surface area contributed by atoms with Gasteiger partial charge in [-0.3, -0.25) is 4.98 Å². The van der Waals surface area contributed by atoms with Crippen LogP contribution in [0.1, 0.15) is 28.4 Å². The second-order valence-electron chi connectivity index (χ2n) is 5.50. The minimum atomic E-state index is -0.437. The number of rotatable bonds is 6. The third kappa shape index (κ3) is 4.23. The van der Waals surface area contributed by atoms with Crippen LogP contribution in [0.5, 0.6) is 11.5 Å². The lowest BCUT2D eigenvalue weighted by molar-refractivity contribution is 0.0728. The normalized spacial score (nSPS) is 10.3. The van der Waals surface area contributed by atoms with E-state index in [9.17, 15) is 4.79 Å². The Morgan fingerprint density at radius 1 is 0.960 bits per heavy atom. The highest BCUT2D eigenvalue weighted by Crippen LogP contribution is 2.25. The highest BCUT2D eigenvalue weighted by molar-refractivity contribution is 5.95. The molecule has 0 saturated carbocycles. The van der Waals surface area contributed by atoms with Crippen molar-refractivity contribution in [1.29, 1.82) is 0 Å². The zero-order chi connectivity index (χ0) is 17.5. The molecular weight excluding hydrogens is 314 g/mol. The second-order valence-corrected chi connectivity index (χ2v) is 5.50. The average Bonchev–Trinajstić information content (AvgIpc) is 2.67. The largest absolute Gasteiger partial charge is 0.486 e. The zero-order valence-corrected chi connectivity index (χ0v) is 14.0. The Balaban J connectivity index is 1.84. The molecule has 0 bridgehead atoms. The van der Waals surface area contributed by atoms with Gasteiger partial charge in [0, 0.05) is 6.20 Å². The third-order valence-electron chi connectivity index (χ3n) is 3.77. The zero-order valence-electron chi connectivity index (χ0n) is 14.0. The van der Waals surface area contributed by atoms with Gasteiger partial charge in [-0.25, -0.2) is 4.79 Å². The molecule has 0 aliphatic heterocycles. The second kappa shape index (κ2) is 8.11. The molecule has 3 rings (SSSR count). The van der Waals surface area contributed by atoms with E-state index in [1.165, 1.54) is 0 Å². The first-order chi connectivity index (χ1) is 12.3. The quantitative estimate of drug-likeness (QED) is 0.494. The van der Waals surface area contributed by atoms with E-state index in [2.05, 4.69) is 4.98 Å². The molecular formula is C21H19NO3. The van der Waals surface area contributed by atoms with Gasteiger partial charge in [-0.2, -0.15) is 0 Å². The van der Waals surface area contributed by atoms with Crippen LogP contribution in [0.2, 0.25) is 0 Å². The van der Waals surface area contributed by atoms with Crippen molar-refractivity contribution in [2.45, 2.75) is 20.0 Å². The molecule has 0 amide bonds. The Kier molecular flexibility index (Phi) is 5.42. The highest BCUT2D eigenvalue weighted by atomic mass is 16.5. The number of hydrogen-bond donors (Lipinski definition) is 0. The Hall–Kier alpha value is -3.14. The fourth-order valence-corrected chi connectivity index (χ4v) is 2.47. The van der Waals surface area contributed by atoms with Gasteiger partial charge in [0.25, 0.3) is 0 Å². The van der Waals surface area contributed by atoms with Crippen LogP contribution in [-0.4, -0.2) is 11.0 Å². The summed E-state index contributed by atoms with van der Waals surface area (Å²) in [7, 11) is 0. The van der Waals surface area contributed by atoms with Gasteiger partial charge in [0.1, 0.15) is 17.9 Å². The molecule has 0 N–H and O–H groups in total. The van der Waals surface area contributed by atoms with Crippen LogP contribution in [0, 0.1) is 0 Å². The lowest BCUT2D eigenvalue weighted by Crippen LogP contribution is -2.14. The number of aromatic nitrogens is 1. The summed E-state index contributed by atoms with van der Waals surface area (Å²) < 4.78 is 11.4. The Labute approximate surface area is 147 Å².